The van der Waals surface area contributed by atoms with E-state index in [0.29, 0.717) is 0 Å². The van der Waals surface area contributed by atoms with Gasteiger partial charge in [0.1, 0.15) is 5.75 Å². The standard InChI is InChI=1S/C16H23N5O/c1-3-4-5-8-18-16(17)21-20-11-12-10-19-15-7-6-13(22-2)9-14(12)15/h6-7,9-11,19H,3-5,8H2,1-2H3,(H3,17,18,21)/p+1/b20-11+. The van der Waals surface area contributed by atoms with Crippen molar-refractivity contribution in [2.24, 2.45) is 5.10 Å². The van der Waals surface area contributed by atoms with Crippen LogP contribution in [0.15, 0.2) is 29.5 Å². The van der Waals surface area contributed by atoms with Gasteiger partial charge in [0.15, 0.2) is 0 Å². The molecule has 0 fully saturated rings. The minimum absolute atomic E-state index is 0. The summed E-state index contributed by atoms with van der Waals surface area (Å²) in [7, 11) is 1.65. The molecule has 0 spiro atoms. The van der Waals surface area contributed by atoms with Gasteiger partial charge in [-0.3, -0.25) is 5.41 Å². The zero-order chi connectivity index (χ0) is 15.8. The average molecular weight is 302 g/mol. The van der Waals surface area contributed by atoms with Crippen LogP contribution in [0.4, 0.5) is 0 Å². The zero-order valence-corrected chi connectivity index (χ0v) is 13.1. The summed E-state index contributed by atoms with van der Waals surface area (Å²) in [5.74, 6) is 1.02. The summed E-state index contributed by atoms with van der Waals surface area (Å²) in [5, 5.41) is 15.8. The lowest BCUT2D eigenvalue weighted by Gasteiger charge is -2.05. The van der Waals surface area contributed by atoms with Gasteiger partial charge in [-0.15, -0.1) is 0 Å². The maximum atomic E-state index is 7.72. The third-order valence-electron chi connectivity index (χ3n) is 3.38. The molecule has 2 rings (SSSR count). The molecule has 0 atom stereocenters. The molecule has 22 heavy (non-hydrogen) atoms. The summed E-state index contributed by atoms with van der Waals surface area (Å²) in [6.45, 7) is 2.95. The number of aromatic nitrogens is 1. The number of hydrogen-bond donors (Lipinski definition) is 4. The highest BCUT2D eigenvalue weighted by Crippen LogP contribution is 2.22. The number of benzene rings is 1. The summed E-state index contributed by atoms with van der Waals surface area (Å²) in [5.41, 5.74) is 4.66. The van der Waals surface area contributed by atoms with Crippen LogP contribution in [0.5, 0.6) is 5.75 Å². The van der Waals surface area contributed by atoms with E-state index in [-0.39, 0.29) is 7.39 Å². The van der Waals surface area contributed by atoms with Crippen LogP contribution in [0.3, 0.4) is 0 Å². The van der Waals surface area contributed by atoms with Crippen LogP contribution >= 0.6 is 0 Å². The number of hydrazone groups is 1. The number of hydrogen-bond acceptors (Lipinski definition) is 3. The fourth-order valence-electron chi connectivity index (χ4n) is 2.15. The van der Waals surface area contributed by atoms with Crippen molar-refractivity contribution in [2.45, 2.75) is 26.2 Å². The van der Waals surface area contributed by atoms with Crippen LogP contribution in [-0.2, 0) is 0 Å². The van der Waals surface area contributed by atoms with E-state index in [2.05, 4.69) is 27.8 Å². The zero-order valence-electron chi connectivity index (χ0n) is 14.1. The molecule has 6 nitrogen and oxygen atoms in total. The lowest BCUT2D eigenvalue weighted by Crippen LogP contribution is -2.33. The van der Waals surface area contributed by atoms with Gasteiger partial charge in [-0.2, -0.15) is 5.10 Å². The predicted molar refractivity (Wildman–Crippen MR) is 91.9 cm³/mol. The number of rotatable bonds is 7. The first-order valence-electron chi connectivity index (χ1n) is 7.51. The van der Waals surface area contributed by atoms with Crippen molar-refractivity contribution >= 4 is 23.1 Å². The highest BCUT2D eigenvalue weighted by molar-refractivity contribution is 5.99. The van der Waals surface area contributed by atoms with Gasteiger partial charge in [-0.05, 0) is 24.6 Å². The Morgan fingerprint density at radius 3 is 3.09 bits per heavy atom. The number of unbranched alkanes of at least 4 members (excludes halogenated alkanes) is 2. The van der Waals surface area contributed by atoms with Crippen molar-refractivity contribution in [3.8, 4) is 5.75 Å². The molecule has 1 aromatic heterocycles. The van der Waals surface area contributed by atoms with Gasteiger partial charge in [0.05, 0.1) is 13.3 Å². The molecule has 4 N–H and O–H groups in total. The number of ether oxygens (including phenoxy) is 1. The van der Waals surface area contributed by atoms with Crippen LogP contribution in [0, 0.1) is 5.41 Å². The Morgan fingerprint density at radius 2 is 2.32 bits per heavy atom. The second-order valence-electron chi connectivity index (χ2n) is 5.03. The number of methoxy groups -OCH3 is 1. The molecule has 0 unspecified atom stereocenters. The summed E-state index contributed by atoms with van der Waals surface area (Å²) >= 11 is 0. The van der Waals surface area contributed by atoms with Crippen LogP contribution in [0.2, 0.25) is 0 Å². The second-order valence-corrected chi connectivity index (χ2v) is 5.03. The van der Waals surface area contributed by atoms with E-state index in [0.717, 1.165) is 35.2 Å². The minimum atomic E-state index is 0. The molecular formula is C16H24N5O+. The molecule has 0 aliphatic carbocycles. The maximum Gasteiger partial charge on any atom is 1.00 e. The van der Waals surface area contributed by atoms with Gasteiger partial charge in [-0.1, -0.05) is 19.8 Å². The Labute approximate surface area is 131 Å². The van der Waals surface area contributed by atoms with E-state index in [1.165, 1.54) is 12.8 Å². The Kier molecular flexibility index (Phi) is 5.82. The Hall–Kier alpha value is -2.50. The van der Waals surface area contributed by atoms with Crippen molar-refractivity contribution in [3.63, 3.8) is 0 Å². The number of nitrogens with zero attached hydrogens (tertiary/aromatic N) is 1. The molecule has 2 aromatic rings. The third kappa shape index (κ3) is 4.25. The summed E-state index contributed by atoms with van der Waals surface area (Å²) in [6, 6.07) is 5.84. The third-order valence-corrected chi connectivity index (χ3v) is 3.38. The SMILES string of the molecule is CCCCCNC(=N)N/N=C/c1c[nH]c2ccc(OC)cc12.[H+]. The predicted octanol–water partition coefficient (Wildman–Crippen LogP) is 2.93. The van der Waals surface area contributed by atoms with Gasteiger partial charge in [0, 0.05) is 29.2 Å². The van der Waals surface area contributed by atoms with Gasteiger partial charge in [0.2, 0.25) is 5.96 Å². The monoisotopic (exact) mass is 302 g/mol. The highest BCUT2D eigenvalue weighted by Gasteiger charge is 2.03. The van der Waals surface area contributed by atoms with E-state index in [1.807, 2.05) is 24.4 Å². The van der Waals surface area contributed by atoms with Crippen molar-refractivity contribution in [1.82, 2.24) is 15.7 Å². The first-order chi connectivity index (χ1) is 10.7. The molecule has 0 radical (unpaired) electrons. The number of guanidine groups is 1. The van der Waals surface area contributed by atoms with E-state index in [9.17, 15) is 0 Å². The lowest BCUT2D eigenvalue weighted by molar-refractivity contribution is 0.415. The normalized spacial score (nSPS) is 11.0. The van der Waals surface area contributed by atoms with Crippen LogP contribution in [0.1, 0.15) is 33.2 Å². The fourth-order valence-corrected chi connectivity index (χ4v) is 2.15. The molecule has 0 aliphatic rings. The number of H-pyrrole nitrogens is 1. The fraction of sp³-hybridized carbons (Fsp3) is 0.375. The van der Waals surface area contributed by atoms with Crippen molar-refractivity contribution in [2.75, 3.05) is 13.7 Å². The van der Waals surface area contributed by atoms with Crippen molar-refractivity contribution in [3.05, 3.63) is 30.0 Å². The number of fused-ring (bicyclic) bond motifs is 1. The Morgan fingerprint density at radius 1 is 1.45 bits per heavy atom. The van der Waals surface area contributed by atoms with E-state index in [1.54, 1.807) is 13.3 Å². The summed E-state index contributed by atoms with van der Waals surface area (Å²) in [6.07, 6.45) is 6.98. The average Bonchev–Trinajstić information content (AvgIpc) is 2.94. The first-order valence-corrected chi connectivity index (χ1v) is 7.51. The molecule has 0 saturated heterocycles. The van der Waals surface area contributed by atoms with E-state index >= 15 is 0 Å². The molecule has 118 valence electrons. The molecule has 0 bridgehead atoms. The molecule has 1 aromatic carbocycles. The Balaban J connectivity index is 0.00000264. The Bertz CT molecular complexity index is 653. The van der Waals surface area contributed by atoms with Crippen LogP contribution < -0.4 is 15.5 Å². The molecule has 0 amide bonds. The van der Waals surface area contributed by atoms with Gasteiger partial charge >= 0.3 is 1.43 Å². The number of aromatic amines is 1. The first kappa shape index (κ1) is 15.9. The smallest absolute Gasteiger partial charge is 0.497 e. The largest absolute Gasteiger partial charge is 1.00 e. The van der Waals surface area contributed by atoms with Crippen LogP contribution in [0.25, 0.3) is 10.9 Å². The molecule has 0 saturated carbocycles. The quantitative estimate of drug-likeness (QED) is 0.274. The van der Waals surface area contributed by atoms with E-state index < -0.39 is 0 Å². The minimum Gasteiger partial charge on any atom is -0.497 e. The lowest BCUT2D eigenvalue weighted by atomic mass is 10.2. The second kappa shape index (κ2) is 8.07. The topological polar surface area (TPSA) is 85.3 Å². The van der Waals surface area contributed by atoms with Crippen molar-refractivity contribution < 1.29 is 6.16 Å². The molecule has 1 heterocycles. The van der Waals surface area contributed by atoms with E-state index in [4.69, 9.17) is 10.1 Å². The summed E-state index contributed by atoms with van der Waals surface area (Å²) < 4.78 is 5.24. The highest BCUT2D eigenvalue weighted by atomic mass is 16.5. The van der Waals surface area contributed by atoms with Crippen LogP contribution in [-0.4, -0.2) is 30.8 Å². The van der Waals surface area contributed by atoms with Gasteiger partial charge < -0.3 is 15.0 Å². The summed E-state index contributed by atoms with van der Waals surface area (Å²) in [4.78, 5) is 3.18. The maximum absolute atomic E-state index is 7.72. The van der Waals surface area contributed by atoms with Crippen molar-refractivity contribution in [1.29, 1.82) is 5.41 Å². The van der Waals surface area contributed by atoms with Gasteiger partial charge in [-0.25, -0.2) is 5.43 Å². The molecule has 6 heteroatoms. The number of nitrogens with one attached hydrogen (secondary N) is 4. The molecular weight excluding hydrogens is 278 g/mol. The van der Waals surface area contributed by atoms with Gasteiger partial charge in [0.25, 0.3) is 0 Å². The molecule has 0 aliphatic heterocycles.